The number of hydrogen-bond acceptors (Lipinski definition) is 3. The third-order valence-electron chi connectivity index (χ3n) is 2.11. The molecule has 0 aliphatic carbocycles. The van der Waals surface area contributed by atoms with Crippen LogP contribution in [0, 0.1) is 0 Å². The summed E-state index contributed by atoms with van der Waals surface area (Å²) in [6.07, 6.45) is 0. The van der Waals surface area contributed by atoms with E-state index in [4.69, 9.17) is 28.9 Å². The van der Waals surface area contributed by atoms with E-state index in [0.29, 0.717) is 22.3 Å². The van der Waals surface area contributed by atoms with Crippen LogP contribution in [0.3, 0.4) is 0 Å². The summed E-state index contributed by atoms with van der Waals surface area (Å²) in [5.74, 6) is 0.552. The largest absolute Gasteiger partial charge is 0.598 e. The number of benzene rings is 1. The molecule has 0 bridgehead atoms. The van der Waals surface area contributed by atoms with Crippen LogP contribution in [0.5, 0.6) is 0 Å². The molecule has 90 valence electrons. The van der Waals surface area contributed by atoms with Crippen LogP contribution < -0.4 is 10.5 Å². The summed E-state index contributed by atoms with van der Waals surface area (Å²) >= 11 is 10.9. The molecule has 0 aliphatic rings. The van der Waals surface area contributed by atoms with Crippen LogP contribution in [-0.2, 0) is 11.4 Å². The molecule has 0 saturated heterocycles. The Hall–Kier alpha value is 0.0300. The van der Waals surface area contributed by atoms with Crippen molar-refractivity contribution < 1.29 is 4.55 Å². The van der Waals surface area contributed by atoms with E-state index in [9.17, 15) is 4.55 Å². The first-order valence-electron chi connectivity index (χ1n) is 4.87. The van der Waals surface area contributed by atoms with Gasteiger partial charge in [0.15, 0.2) is 0 Å². The van der Waals surface area contributed by atoms with Gasteiger partial charge in [-0.2, -0.15) is 0 Å². The van der Waals surface area contributed by atoms with E-state index in [1.54, 1.807) is 12.1 Å². The van der Waals surface area contributed by atoms with Crippen molar-refractivity contribution in [3.05, 3.63) is 33.8 Å². The van der Waals surface area contributed by atoms with Crippen molar-refractivity contribution >= 4 is 34.6 Å². The fourth-order valence-corrected chi connectivity index (χ4v) is 2.22. The lowest BCUT2D eigenvalue weighted by Gasteiger charge is -2.16. The Morgan fingerprint density at radius 3 is 2.81 bits per heavy atom. The monoisotopic (exact) mass is 280 g/mol. The first-order valence-corrected chi connectivity index (χ1v) is 6.95. The van der Waals surface area contributed by atoms with Crippen LogP contribution in [-0.4, -0.2) is 16.9 Å². The van der Waals surface area contributed by atoms with E-state index in [2.05, 4.69) is 4.72 Å². The maximum atomic E-state index is 11.2. The van der Waals surface area contributed by atoms with Gasteiger partial charge in [-0.05, 0) is 18.6 Å². The molecule has 3 N–H and O–H groups in total. The van der Waals surface area contributed by atoms with E-state index in [0.717, 1.165) is 5.56 Å². The summed E-state index contributed by atoms with van der Waals surface area (Å²) in [5, 5.41) is 0.937. The quantitative estimate of drug-likeness (QED) is 0.814. The molecule has 0 amide bonds. The van der Waals surface area contributed by atoms with Gasteiger partial charge in [0.1, 0.15) is 5.75 Å². The SMILES string of the molecule is CC[S+]([O-])NCC(N)c1cccc(Cl)c1Cl. The molecule has 16 heavy (non-hydrogen) atoms. The molecule has 0 heterocycles. The van der Waals surface area contributed by atoms with Crippen molar-refractivity contribution in [3.8, 4) is 0 Å². The zero-order valence-corrected chi connectivity index (χ0v) is 11.2. The fraction of sp³-hybridized carbons (Fsp3) is 0.400. The lowest BCUT2D eigenvalue weighted by molar-refractivity contribution is 0.572. The Balaban J connectivity index is 2.66. The summed E-state index contributed by atoms with van der Waals surface area (Å²) in [5.41, 5.74) is 6.69. The third-order valence-corrected chi connectivity index (χ3v) is 3.95. The van der Waals surface area contributed by atoms with Crippen LogP contribution in [0.15, 0.2) is 18.2 Å². The number of nitrogens with two attached hydrogens (primary N) is 1. The second-order valence-corrected chi connectivity index (χ2v) is 5.57. The van der Waals surface area contributed by atoms with E-state index >= 15 is 0 Å². The number of hydrogen-bond donors (Lipinski definition) is 2. The van der Waals surface area contributed by atoms with Gasteiger partial charge >= 0.3 is 0 Å². The van der Waals surface area contributed by atoms with Crippen LogP contribution in [0.2, 0.25) is 10.0 Å². The molecule has 2 unspecified atom stereocenters. The zero-order chi connectivity index (χ0) is 12.1. The lowest BCUT2D eigenvalue weighted by Crippen LogP contribution is -2.33. The highest BCUT2D eigenvalue weighted by molar-refractivity contribution is 7.89. The summed E-state index contributed by atoms with van der Waals surface area (Å²) in [6, 6.07) is 4.99. The number of nitrogens with one attached hydrogen (secondary N) is 1. The Kier molecular flexibility index (Phi) is 5.89. The molecule has 1 aromatic carbocycles. The lowest BCUT2D eigenvalue weighted by atomic mass is 10.1. The highest BCUT2D eigenvalue weighted by Crippen LogP contribution is 2.28. The molecule has 3 nitrogen and oxygen atoms in total. The Labute approximate surface area is 109 Å². The molecular formula is C10H14Cl2N2OS. The Bertz CT molecular complexity index is 352. The summed E-state index contributed by atoms with van der Waals surface area (Å²) in [7, 11) is 0. The number of halogens is 2. The summed E-state index contributed by atoms with van der Waals surface area (Å²) < 4.78 is 14.0. The normalized spacial score (nSPS) is 14.8. The highest BCUT2D eigenvalue weighted by atomic mass is 35.5. The van der Waals surface area contributed by atoms with Crippen molar-refractivity contribution in [1.82, 2.24) is 4.72 Å². The Morgan fingerprint density at radius 1 is 1.50 bits per heavy atom. The highest BCUT2D eigenvalue weighted by Gasteiger charge is 2.14. The van der Waals surface area contributed by atoms with Crippen LogP contribution in [0.4, 0.5) is 0 Å². The summed E-state index contributed by atoms with van der Waals surface area (Å²) in [4.78, 5) is 0. The number of rotatable bonds is 5. The van der Waals surface area contributed by atoms with E-state index < -0.39 is 11.4 Å². The minimum atomic E-state index is -1.04. The van der Waals surface area contributed by atoms with Gasteiger partial charge in [0.2, 0.25) is 0 Å². The molecule has 0 fully saturated rings. The Morgan fingerprint density at radius 2 is 2.19 bits per heavy atom. The molecule has 0 spiro atoms. The van der Waals surface area contributed by atoms with Gasteiger partial charge < -0.3 is 10.3 Å². The molecule has 0 radical (unpaired) electrons. The van der Waals surface area contributed by atoms with Crippen molar-refractivity contribution in [2.45, 2.75) is 13.0 Å². The molecular weight excluding hydrogens is 267 g/mol. The van der Waals surface area contributed by atoms with Crippen LogP contribution in [0.25, 0.3) is 0 Å². The van der Waals surface area contributed by atoms with Gasteiger partial charge in [-0.3, -0.25) is 0 Å². The van der Waals surface area contributed by atoms with Gasteiger partial charge in [-0.25, -0.2) is 0 Å². The van der Waals surface area contributed by atoms with Gasteiger partial charge in [0.25, 0.3) is 0 Å². The zero-order valence-electron chi connectivity index (χ0n) is 8.87. The van der Waals surface area contributed by atoms with Crippen LogP contribution in [0.1, 0.15) is 18.5 Å². The average molecular weight is 281 g/mol. The first-order chi connectivity index (χ1) is 7.56. The van der Waals surface area contributed by atoms with Crippen molar-refractivity contribution in [2.75, 3.05) is 12.3 Å². The van der Waals surface area contributed by atoms with E-state index in [1.807, 2.05) is 13.0 Å². The maximum absolute atomic E-state index is 11.2. The van der Waals surface area contributed by atoms with Crippen molar-refractivity contribution in [2.24, 2.45) is 5.73 Å². The van der Waals surface area contributed by atoms with Crippen molar-refractivity contribution in [3.63, 3.8) is 0 Å². The van der Waals surface area contributed by atoms with Gasteiger partial charge in [0.05, 0.1) is 16.6 Å². The maximum Gasteiger partial charge on any atom is 0.122 e. The van der Waals surface area contributed by atoms with Crippen LogP contribution >= 0.6 is 23.2 Å². The molecule has 0 aromatic heterocycles. The van der Waals surface area contributed by atoms with Crippen molar-refractivity contribution in [1.29, 1.82) is 0 Å². The van der Waals surface area contributed by atoms with E-state index in [-0.39, 0.29) is 6.04 Å². The molecule has 2 atom stereocenters. The fourth-order valence-electron chi connectivity index (χ4n) is 1.20. The molecule has 0 saturated carbocycles. The average Bonchev–Trinajstić information content (AvgIpc) is 2.29. The van der Waals surface area contributed by atoms with Gasteiger partial charge in [0, 0.05) is 17.4 Å². The van der Waals surface area contributed by atoms with E-state index in [1.165, 1.54) is 0 Å². The van der Waals surface area contributed by atoms with Gasteiger partial charge in [-0.1, -0.05) is 35.3 Å². The standard InChI is InChI=1S/C10H14Cl2N2OS/c1-2-16(15)14-6-9(13)7-4-3-5-8(11)10(7)12/h3-5,9,14H,2,6,13H2,1H3. The molecule has 1 aromatic rings. The second-order valence-electron chi connectivity index (χ2n) is 3.23. The second kappa shape index (κ2) is 6.69. The topological polar surface area (TPSA) is 61.1 Å². The first kappa shape index (κ1) is 14.1. The van der Waals surface area contributed by atoms with Gasteiger partial charge in [-0.15, -0.1) is 4.72 Å². The summed E-state index contributed by atoms with van der Waals surface area (Å²) in [6.45, 7) is 2.24. The molecule has 6 heteroatoms. The molecule has 1 rings (SSSR count). The smallest absolute Gasteiger partial charge is 0.122 e. The minimum absolute atomic E-state index is 0.318. The third kappa shape index (κ3) is 3.80. The predicted molar refractivity (Wildman–Crippen MR) is 70.1 cm³/mol. The minimum Gasteiger partial charge on any atom is -0.598 e. The predicted octanol–water partition coefficient (Wildman–Crippen LogP) is 2.27. The molecule has 0 aliphatic heterocycles.